The van der Waals surface area contributed by atoms with Crippen molar-refractivity contribution < 1.29 is 36.2 Å². The van der Waals surface area contributed by atoms with E-state index < -0.39 is 32.4 Å². The lowest BCUT2D eigenvalue weighted by Gasteiger charge is -2.18. The van der Waals surface area contributed by atoms with Gasteiger partial charge in [-0.15, -0.1) is 5.10 Å². The van der Waals surface area contributed by atoms with Crippen molar-refractivity contribution in [1.29, 1.82) is 0 Å². The fourth-order valence-corrected chi connectivity index (χ4v) is 4.83. The molecule has 1 aliphatic rings. The van der Waals surface area contributed by atoms with Gasteiger partial charge in [0.15, 0.2) is 10.8 Å². The number of aromatic nitrogens is 3. The van der Waals surface area contributed by atoms with E-state index in [4.69, 9.17) is 10.5 Å². The van der Waals surface area contributed by atoms with Crippen LogP contribution in [0.15, 0.2) is 58.6 Å². The lowest BCUT2D eigenvalue weighted by Crippen LogP contribution is -2.26. The Labute approximate surface area is 191 Å². The van der Waals surface area contributed by atoms with Gasteiger partial charge in [0.25, 0.3) is 5.91 Å². The summed E-state index contributed by atoms with van der Waals surface area (Å²) >= 11 is 0. The summed E-state index contributed by atoms with van der Waals surface area (Å²) in [4.78, 5) is 15.6. The molecule has 0 radical (unpaired) electrons. The van der Waals surface area contributed by atoms with Crippen LogP contribution in [0.5, 0.6) is 11.6 Å². The average Bonchev–Trinajstić information content (AvgIpc) is 3.43. The Kier molecular flexibility index (Phi) is 5.75. The third kappa shape index (κ3) is 4.42. The van der Waals surface area contributed by atoms with Crippen LogP contribution in [0.1, 0.15) is 29.6 Å². The number of nitrogens with zero attached hydrogens (tertiary/aromatic N) is 3. The van der Waals surface area contributed by atoms with Gasteiger partial charge in [-0.25, -0.2) is 18.1 Å². The van der Waals surface area contributed by atoms with Crippen molar-refractivity contribution in [2.75, 3.05) is 6.61 Å². The Hall–Kier alpha value is -3.61. The number of aromatic hydroxyl groups is 1. The number of carbonyl (C=O) groups is 1. The molecular weight excluding hydrogens is 477 g/mol. The molecule has 2 aromatic heterocycles. The third-order valence-electron chi connectivity index (χ3n) is 5.58. The predicted octanol–water partition coefficient (Wildman–Crippen LogP) is 3.02. The first-order valence-corrected chi connectivity index (χ1v) is 11.5. The van der Waals surface area contributed by atoms with Gasteiger partial charge in [0.2, 0.25) is 15.7 Å². The van der Waals surface area contributed by atoms with Crippen molar-refractivity contribution in [2.45, 2.75) is 35.4 Å². The second kappa shape index (κ2) is 8.31. The number of benzene rings is 1. The van der Waals surface area contributed by atoms with Gasteiger partial charge in [-0.3, -0.25) is 4.79 Å². The van der Waals surface area contributed by atoms with Crippen molar-refractivity contribution in [3.63, 3.8) is 0 Å². The van der Waals surface area contributed by atoms with Gasteiger partial charge >= 0.3 is 6.18 Å². The second-order valence-corrected chi connectivity index (χ2v) is 9.73. The third-order valence-corrected chi connectivity index (χ3v) is 7.27. The van der Waals surface area contributed by atoms with Gasteiger partial charge in [0.1, 0.15) is 5.75 Å². The average molecular weight is 496 g/mol. The highest BCUT2D eigenvalue weighted by molar-refractivity contribution is 7.91. The minimum Gasteiger partial charge on any atom is -0.508 e. The minimum atomic E-state index is -4.35. The van der Waals surface area contributed by atoms with Crippen LogP contribution in [0.2, 0.25) is 0 Å². The number of amides is 1. The van der Waals surface area contributed by atoms with Gasteiger partial charge in [-0.1, -0.05) is 6.07 Å². The molecule has 1 amide bonds. The number of hydrogen-bond acceptors (Lipinski definition) is 7. The Morgan fingerprint density at radius 2 is 1.94 bits per heavy atom. The molecular formula is C21H19F3N4O5S. The fraction of sp³-hybridized carbons (Fsp3) is 0.286. The zero-order valence-electron chi connectivity index (χ0n) is 17.5. The first-order valence-electron chi connectivity index (χ1n) is 10.0. The molecule has 0 spiro atoms. The normalized spacial score (nSPS) is 15.1. The number of pyridine rings is 1. The first-order chi connectivity index (χ1) is 15.9. The first kappa shape index (κ1) is 23.5. The maximum absolute atomic E-state index is 13.1. The van der Waals surface area contributed by atoms with E-state index in [0.717, 1.165) is 10.7 Å². The number of alkyl halides is 3. The van der Waals surface area contributed by atoms with Gasteiger partial charge in [-0.05, 0) is 49.6 Å². The molecule has 3 N–H and O–H groups in total. The monoisotopic (exact) mass is 496 g/mol. The number of ether oxygens (including phenoxy) is 1. The van der Waals surface area contributed by atoms with Crippen molar-refractivity contribution in [2.24, 2.45) is 11.1 Å². The smallest absolute Gasteiger partial charge is 0.394 e. The van der Waals surface area contributed by atoms with Crippen molar-refractivity contribution in [3.05, 3.63) is 54.2 Å². The number of halogens is 3. The van der Waals surface area contributed by atoms with E-state index in [1.54, 1.807) is 0 Å². The molecule has 13 heteroatoms. The molecule has 2 heterocycles. The van der Waals surface area contributed by atoms with E-state index in [9.17, 15) is 31.5 Å². The SMILES string of the molecule is NC(=O)c1ccc(-n2ccc(OCCC3(C(F)(F)F)CC3)n2)nc1S(=O)(=O)c1cccc(O)c1. The fourth-order valence-electron chi connectivity index (χ4n) is 3.40. The number of nitrogens with two attached hydrogens (primary N) is 1. The Balaban J connectivity index is 1.59. The number of phenols is 1. The highest BCUT2D eigenvalue weighted by atomic mass is 32.2. The maximum atomic E-state index is 13.1. The lowest BCUT2D eigenvalue weighted by atomic mass is 10.0. The Morgan fingerprint density at radius 3 is 2.56 bits per heavy atom. The predicted molar refractivity (Wildman–Crippen MR) is 111 cm³/mol. The second-order valence-electron chi connectivity index (χ2n) is 7.86. The summed E-state index contributed by atoms with van der Waals surface area (Å²) in [6.45, 7) is -0.193. The summed E-state index contributed by atoms with van der Waals surface area (Å²) in [6, 6.07) is 8.69. The summed E-state index contributed by atoms with van der Waals surface area (Å²) in [6.07, 6.45) is -2.95. The molecule has 0 bridgehead atoms. The standard InChI is InChI=1S/C21H19F3N4O5S/c22-21(23,24)20(7-8-20)9-11-33-17-6-10-28(27-17)16-5-4-15(18(25)30)19(26-16)34(31,32)14-3-1-2-13(29)12-14/h1-6,10,12,29H,7-9,11H2,(H2,25,30). The van der Waals surface area contributed by atoms with Gasteiger partial charge in [0, 0.05) is 12.3 Å². The van der Waals surface area contributed by atoms with Crippen LogP contribution in [0.25, 0.3) is 5.82 Å². The summed E-state index contributed by atoms with van der Waals surface area (Å²) in [5.41, 5.74) is 3.26. The van der Waals surface area contributed by atoms with E-state index in [-0.39, 0.29) is 53.8 Å². The van der Waals surface area contributed by atoms with Crippen LogP contribution < -0.4 is 10.5 Å². The van der Waals surface area contributed by atoms with Gasteiger partial charge in [0.05, 0.1) is 22.5 Å². The molecule has 1 saturated carbocycles. The largest absolute Gasteiger partial charge is 0.508 e. The Bertz CT molecular complexity index is 1350. The van der Waals surface area contributed by atoms with Crippen LogP contribution in [0.3, 0.4) is 0 Å². The number of hydrogen-bond donors (Lipinski definition) is 2. The molecule has 1 aromatic carbocycles. The number of rotatable bonds is 8. The van der Waals surface area contributed by atoms with E-state index in [1.165, 1.54) is 42.6 Å². The molecule has 0 atom stereocenters. The number of carbonyl (C=O) groups excluding carboxylic acids is 1. The van der Waals surface area contributed by atoms with E-state index in [1.807, 2.05) is 0 Å². The van der Waals surface area contributed by atoms with Crippen molar-refractivity contribution in [3.8, 4) is 17.4 Å². The van der Waals surface area contributed by atoms with Crippen LogP contribution in [-0.2, 0) is 9.84 Å². The van der Waals surface area contributed by atoms with Gasteiger partial charge in [-0.2, -0.15) is 13.2 Å². The zero-order chi connectivity index (χ0) is 24.7. The Morgan fingerprint density at radius 1 is 1.21 bits per heavy atom. The molecule has 0 saturated heterocycles. The van der Waals surface area contributed by atoms with Crippen LogP contribution in [-0.4, -0.2) is 47.0 Å². The van der Waals surface area contributed by atoms with Crippen LogP contribution >= 0.6 is 0 Å². The topological polar surface area (TPSA) is 137 Å². The molecule has 4 rings (SSSR count). The molecule has 9 nitrogen and oxygen atoms in total. The summed E-state index contributed by atoms with van der Waals surface area (Å²) in [5, 5.41) is 13.1. The van der Waals surface area contributed by atoms with E-state index in [0.29, 0.717) is 0 Å². The molecule has 1 fully saturated rings. The summed E-state index contributed by atoms with van der Waals surface area (Å²) < 4.78 is 71.8. The highest BCUT2D eigenvalue weighted by Crippen LogP contribution is 2.59. The number of phenolic OH excluding ortho intramolecular Hbond substituents is 1. The van der Waals surface area contributed by atoms with Crippen molar-refractivity contribution in [1.82, 2.24) is 14.8 Å². The van der Waals surface area contributed by atoms with E-state index >= 15 is 0 Å². The molecule has 0 aliphatic heterocycles. The quantitative estimate of drug-likeness (QED) is 0.489. The highest BCUT2D eigenvalue weighted by Gasteiger charge is 2.62. The van der Waals surface area contributed by atoms with Gasteiger partial charge < -0.3 is 15.6 Å². The number of sulfone groups is 1. The molecule has 180 valence electrons. The summed E-state index contributed by atoms with van der Waals surface area (Å²) in [7, 11) is -4.35. The number of primary amides is 1. The van der Waals surface area contributed by atoms with Crippen molar-refractivity contribution >= 4 is 15.7 Å². The van der Waals surface area contributed by atoms with E-state index in [2.05, 4.69) is 10.1 Å². The minimum absolute atomic E-state index is 0.00691. The van der Waals surface area contributed by atoms with Crippen LogP contribution in [0.4, 0.5) is 13.2 Å². The maximum Gasteiger partial charge on any atom is 0.394 e. The summed E-state index contributed by atoms with van der Waals surface area (Å²) in [5.74, 6) is -1.31. The van der Waals surface area contributed by atoms with Crippen LogP contribution in [0, 0.1) is 5.41 Å². The lowest BCUT2D eigenvalue weighted by molar-refractivity contribution is -0.190. The molecule has 1 aliphatic carbocycles. The zero-order valence-corrected chi connectivity index (χ0v) is 18.3. The molecule has 34 heavy (non-hydrogen) atoms. The molecule has 3 aromatic rings. The molecule has 0 unspecified atom stereocenters.